The van der Waals surface area contributed by atoms with Crippen molar-refractivity contribution in [3.8, 4) is 5.75 Å². The van der Waals surface area contributed by atoms with Crippen molar-refractivity contribution < 1.29 is 9.53 Å². The van der Waals surface area contributed by atoms with E-state index in [1.54, 1.807) is 14.0 Å². The van der Waals surface area contributed by atoms with E-state index in [0.717, 1.165) is 35.6 Å². The molecule has 10 heteroatoms. The molecule has 1 aromatic carbocycles. The molecule has 0 radical (unpaired) electrons. The van der Waals surface area contributed by atoms with Crippen LogP contribution in [0.5, 0.6) is 5.75 Å². The van der Waals surface area contributed by atoms with Crippen LogP contribution in [0.2, 0.25) is 0 Å². The number of anilines is 2. The third-order valence-electron chi connectivity index (χ3n) is 5.23. The van der Waals surface area contributed by atoms with Crippen LogP contribution in [-0.4, -0.2) is 62.6 Å². The van der Waals surface area contributed by atoms with E-state index in [2.05, 4.69) is 51.6 Å². The zero-order valence-corrected chi connectivity index (χ0v) is 19.2. The van der Waals surface area contributed by atoms with Crippen molar-refractivity contribution in [2.75, 3.05) is 30.4 Å². The maximum Gasteiger partial charge on any atom is 0.227 e. The molecule has 1 saturated heterocycles. The van der Waals surface area contributed by atoms with Crippen LogP contribution in [0.25, 0.3) is 11.2 Å². The molecule has 3 aromatic rings. The molecule has 1 aliphatic heterocycles. The number of hydrogen-bond acceptors (Lipinski definition) is 8. The van der Waals surface area contributed by atoms with Crippen molar-refractivity contribution in [2.45, 2.75) is 52.2 Å². The number of nitrogens with one attached hydrogen (secondary N) is 2. The van der Waals surface area contributed by atoms with Crippen LogP contribution in [0.1, 0.15) is 39.7 Å². The van der Waals surface area contributed by atoms with Gasteiger partial charge < -0.3 is 20.3 Å². The number of hydrogen-bond donors (Lipinski definition) is 2. The number of aromatic nitrogens is 5. The summed E-state index contributed by atoms with van der Waals surface area (Å²) in [6, 6.07) is 7.95. The molecular weight excluding hydrogens is 408 g/mol. The number of nitrogens with zero attached hydrogens (tertiary/aromatic N) is 6. The predicted octanol–water partition coefficient (Wildman–Crippen LogP) is 2.20. The highest BCUT2D eigenvalue weighted by Crippen LogP contribution is 2.28. The molecule has 170 valence electrons. The summed E-state index contributed by atoms with van der Waals surface area (Å²) in [6.45, 7) is 9.71. The average Bonchev–Trinajstić information content (AvgIpc) is 3.33. The normalized spacial score (nSPS) is 16.4. The van der Waals surface area contributed by atoms with Crippen molar-refractivity contribution >= 4 is 28.8 Å². The molecule has 1 aliphatic rings. The lowest BCUT2D eigenvalue weighted by Crippen LogP contribution is -2.36. The highest BCUT2D eigenvalue weighted by Gasteiger charge is 2.28. The maximum atomic E-state index is 11.5. The van der Waals surface area contributed by atoms with E-state index in [9.17, 15) is 4.79 Å². The van der Waals surface area contributed by atoms with Gasteiger partial charge in [0, 0.05) is 31.6 Å². The molecule has 1 fully saturated rings. The molecule has 1 amide bonds. The van der Waals surface area contributed by atoms with Gasteiger partial charge in [-0.2, -0.15) is 9.97 Å². The van der Waals surface area contributed by atoms with E-state index in [-0.39, 0.29) is 17.5 Å². The van der Waals surface area contributed by atoms with E-state index in [4.69, 9.17) is 9.72 Å². The number of methoxy groups -OCH3 is 1. The monoisotopic (exact) mass is 438 g/mol. The Morgan fingerprint density at radius 3 is 2.62 bits per heavy atom. The fourth-order valence-corrected chi connectivity index (χ4v) is 3.86. The minimum absolute atomic E-state index is 0.0222. The Kier molecular flexibility index (Phi) is 5.86. The summed E-state index contributed by atoms with van der Waals surface area (Å²) in [5, 5.41) is 15.1. The molecule has 3 heterocycles. The molecule has 0 bridgehead atoms. The van der Waals surface area contributed by atoms with Crippen molar-refractivity contribution in [2.24, 2.45) is 0 Å². The number of fused-ring (bicyclic) bond motifs is 1. The summed E-state index contributed by atoms with van der Waals surface area (Å²) in [4.78, 5) is 23.2. The lowest BCUT2D eigenvalue weighted by Gasteiger charge is -2.23. The van der Waals surface area contributed by atoms with Gasteiger partial charge in [0.1, 0.15) is 5.75 Å². The van der Waals surface area contributed by atoms with Gasteiger partial charge in [-0.05, 0) is 44.9 Å². The Morgan fingerprint density at radius 1 is 1.22 bits per heavy atom. The molecule has 2 N–H and O–H groups in total. The minimum Gasteiger partial charge on any atom is -0.497 e. The lowest BCUT2D eigenvalue weighted by molar-refractivity contribution is -0.119. The summed E-state index contributed by atoms with van der Waals surface area (Å²) >= 11 is 0. The Bertz CT molecular complexity index is 1100. The number of benzene rings is 1. The molecule has 10 nitrogen and oxygen atoms in total. The van der Waals surface area contributed by atoms with Crippen LogP contribution < -0.4 is 20.3 Å². The average molecular weight is 439 g/mol. The van der Waals surface area contributed by atoms with Crippen LogP contribution >= 0.6 is 0 Å². The van der Waals surface area contributed by atoms with Gasteiger partial charge in [0.2, 0.25) is 17.5 Å². The Balaban J connectivity index is 1.72. The van der Waals surface area contributed by atoms with Gasteiger partial charge in [-0.25, -0.2) is 4.68 Å². The van der Waals surface area contributed by atoms with Crippen molar-refractivity contribution in [3.63, 3.8) is 0 Å². The van der Waals surface area contributed by atoms with Crippen molar-refractivity contribution in [3.05, 3.63) is 29.8 Å². The smallest absolute Gasteiger partial charge is 0.227 e. The van der Waals surface area contributed by atoms with E-state index in [1.807, 2.05) is 28.9 Å². The molecular formula is C22H30N8O2. The summed E-state index contributed by atoms with van der Waals surface area (Å²) < 4.78 is 7.09. The zero-order chi connectivity index (χ0) is 22.9. The Hall–Kier alpha value is -3.43. The van der Waals surface area contributed by atoms with Crippen LogP contribution in [-0.2, 0) is 11.3 Å². The highest BCUT2D eigenvalue weighted by molar-refractivity contribution is 5.85. The Labute approximate surface area is 187 Å². The van der Waals surface area contributed by atoms with Gasteiger partial charge >= 0.3 is 0 Å². The van der Waals surface area contributed by atoms with Gasteiger partial charge in [0.25, 0.3) is 0 Å². The first-order valence-corrected chi connectivity index (χ1v) is 10.8. The van der Waals surface area contributed by atoms with Gasteiger partial charge in [-0.3, -0.25) is 4.79 Å². The molecule has 1 atom stereocenters. The fourth-order valence-electron chi connectivity index (χ4n) is 3.86. The van der Waals surface area contributed by atoms with E-state index in [0.29, 0.717) is 24.7 Å². The fraction of sp³-hybridized carbons (Fsp3) is 0.500. The quantitative estimate of drug-likeness (QED) is 0.603. The first-order valence-electron chi connectivity index (χ1n) is 10.8. The van der Waals surface area contributed by atoms with Crippen LogP contribution in [0.4, 0.5) is 11.8 Å². The second kappa shape index (κ2) is 8.60. The first kappa shape index (κ1) is 21.8. The number of carbonyl (C=O) groups is 1. The summed E-state index contributed by atoms with van der Waals surface area (Å²) in [5.74, 6) is 2.07. The molecule has 0 unspecified atom stereocenters. The molecule has 0 saturated carbocycles. The topological polar surface area (TPSA) is 110 Å². The van der Waals surface area contributed by atoms with Gasteiger partial charge in [0.15, 0.2) is 11.3 Å². The number of rotatable bonds is 6. The van der Waals surface area contributed by atoms with E-state index in [1.165, 1.54) is 0 Å². The first-order chi connectivity index (χ1) is 15.2. The van der Waals surface area contributed by atoms with Gasteiger partial charge in [-0.15, -0.1) is 5.10 Å². The van der Waals surface area contributed by atoms with Crippen molar-refractivity contribution in [1.29, 1.82) is 0 Å². The van der Waals surface area contributed by atoms with Crippen LogP contribution in [0.3, 0.4) is 0 Å². The highest BCUT2D eigenvalue weighted by atomic mass is 16.5. The third-order valence-corrected chi connectivity index (χ3v) is 5.23. The molecule has 0 aliphatic carbocycles. The third kappa shape index (κ3) is 4.90. The lowest BCUT2D eigenvalue weighted by atomic mass is 10.1. The van der Waals surface area contributed by atoms with E-state index >= 15 is 0 Å². The standard InChI is InChI=1S/C22H30N8O2/c1-14(31)23-16-10-11-29(13-16)20-18-19(24-21(25-20)26-22(2,3)4)27-28-30(18)12-15-6-8-17(32-5)9-7-15/h6-9,16H,10-13H2,1-5H3,(H,23,31)(H,24,25,26)/t16-/m0/s1. The molecule has 2 aromatic heterocycles. The Morgan fingerprint density at radius 2 is 1.97 bits per heavy atom. The second-order valence-electron chi connectivity index (χ2n) is 9.15. The number of amides is 1. The second-order valence-corrected chi connectivity index (χ2v) is 9.15. The molecule has 32 heavy (non-hydrogen) atoms. The largest absolute Gasteiger partial charge is 0.497 e. The predicted molar refractivity (Wildman–Crippen MR) is 123 cm³/mol. The van der Waals surface area contributed by atoms with Crippen molar-refractivity contribution in [1.82, 2.24) is 30.3 Å². The number of ether oxygens (including phenoxy) is 1. The summed E-state index contributed by atoms with van der Waals surface area (Å²) in [5.41, 5.74) is 2.19. The SMILES string of the molecule is COc1ccc(Cn2nnc3nc(NC(C)(C)C)nc(N4CC[C@H](NC(C)=O)C4)c32)cc1. The number of carbonyl (C=O) groups excluding carboxylic acids is 1. The van der Waals surface area contributed by atoms with Crippen LogP contribution in [0, 0.1) is 0 Å². The summed E-state index contributed by atoms with van der Waals surface area (Å²) in [7, 11) is 1.65. The van der Waals surface area contributed by atoms with Gasteiger partial charge in [0.05, 0.1) is 13.7 Å². The minimum atomic E-state index is -0.201. The summed E-state index contributed by atoms with van der Waals surface area (Å²) in [6.07, 6.45) is 0.854. The van der Waals surface area contributed by atoms with Gasteiger partial charge in [-0.1, -0.05) is 17.3 Å². The molecule has 0 spiro atoms. The zero-order valence-electron chi connectivity index (χ0n) is 19.2. The molecule has 4 rings (SSSR count). The van der Waals surface area contributed by atoms with Crippen LogP contribution in [0.15, 0.2) is 24.3 Å². The maximum absolute atomic E-state index is 11.5. The van der Waals surface area contributed by atoms with E-state index < -0.39 is 0 Å².